The molecule has 1 aromatic rings. The zero-order valence-corrected chi connectivity index (χ0v) is 12.2. The van der Waals surface area contributed by atoms with Gasteiger partial charge in [-0.3, -0.25) is 0 Å². The van der Waals surface area contributed by atoms with Gasteiger partial charge in [-0.25, -0.2) is 4.98 Å². The first kappa shape index (κ1) is 14.7. The molecule has 1 spiro atoms. The Labute approximate surface area is 124 Å². The summed E-state index contributed by atoms with van der Waals surface area (Å²) in [5.74, 6) is 0.665. The van der Waals surface area contributed by atoms with Crippen LogP contribution >= 0.6 is 0 Å². The van der Waals surface area contributed by atoms with Gasteiger partial charge in [0.15, 0.2) is 0 Å². The SMILES string of the molecule is Cc1cccc(N[C@H]2[C@H](O)[C@H](O)[C@@H](O)C23CCNCC3)n1. The summed E-state index contributed by atoms with van der Waals surface area (Å²) in [5, 5.41) is 37.4. The molecule has 21 heavy (non-hydrogen) atoms. The first-order chi connectivity index (χ1) is 10.0. The van der Waals surface area contributed by atoms with Crippen LogP contribution in [-0.4, -0.2) is 57.7 Å². The summed E-state index contributed by atoms with van der Waals surface area (Å²) < 4.78 is 0. The molecule has 2 aliphatic rings. The predicted molar refractivity (Wildman–Crippen MR) is 78.9 cm³/mol. The molecular weight excluding hydrogens is 270 g/mol. The highest BCUT2D eigenvalue weighted by atomic mass is 16.4. The zero-order chi connectivity index (χ0) is 15.0. The van der Waals surface area contributed by atoms with E-state index in [-0.39, 0.29) is 0 Å². The van der Waals surface area contributed by atoms with Gasteiger partial charge in [-0.15, -0.1) is 0 Å². The fourth-order valence-electron chi connectivity index (χ4n) is 3.76. The normalized spacial score (nSPS) is 35.0. The number of anilines is 1. The minimum Gasteiger partial charge on any atom is -0.390 e. The van der Waals surface area contributed by atoms with Crippen LogP contribution in [0.5, 0.6) is 0 Å². The lowest BCUT2D eigenvalue weighted by Gasteiger charge is -2.42. The van der Waals surface area contributed by atoms with Crippen molar-refractivity contribution in [2.45, 2.75) is 44.1 Å². The Hall–Kier alpha value is -1.21. The van der Waals surface area contributed by atoms with E-state index in [0.717, 1.165) is 18.8 Å². The average Bonchev–Trinajstić information content (AvgIpc) is 2.65. The molecule has 5 N–H and O–H groups in total. The van der Waals surface area contributed by atoms with E-state index in [4.69, 9.17) is 0 Å². The molecule has 2 fully saturated rings. The number of nitrogens with one attached hydrogen (secondary N) is 2. The first-order valence-electron chi connectivity index (χ1n) is 7.50. The van der Waals surface area contributed by atoms with Gasteiger partial charge in [0.05, 0.1) is 12.1 Å². The van der Waals surface area contributed by atoms with E-state index in [2.05, 4.69) is 15.6 Å². The molecule has 0 radical (unpaired) electrons. The number of piperidine rings is 1. The quantitative estimate of drug-likeness (QED) is 0.511. The van der Waals surface area contributed by atoms with Gasteiger partial charge >= 0.3 is 0 Å². The zero-order valence-electron chi connectivity index (χ0n) is 12.2. The molecule has 0 aromatic carbocycles. The number of rotatable bonds is 2. The molecule has 4 atom stereocenters. The molecule has 6 heteroatoms. The van der Waals surface area contributed by atoms with Crippen LogP contribution in [0.4, 0.5) is 5.82 Å². The second kappa shape index (κ2) is 5.53. The van der Waals surface area contributed by atoms with Gasteiger partial charge in [0.2, 0.25) is 0 Å². The van der Waals surface area contributed by atoms with Crippen LogP contribution in [0.25, 0.3) is 0 Å². The third-order valence-corrected chi connectivity index (χ3v) is 4.95. The van der Waals surface area contributed by atoms with Crippen molar-refractivity contribution in [1.29, 1.82) is 0 Å². The lowest BCUT2D eigenvalue weighted by atomic mass is 9.72. The topological polar surface area (TPSA) is 97.6 Å². The summed E-state index contributed by atoms with van der Waals surface area (Å²) in [6.07, 6.45) is -1.61. The van der Waals surface area contributed by atoms with Gasteiger partial charge in [-0.2, -0.15) is 0 Å². The number of aliphatic hydroxyl groups is 3. The molecule has 2 heterocycles. The van der Waals surface area contributed by atoms with Gasteiger partial charge in [-0.05, 0) is 45.0 Å². The Balaban J connectivity index is 1.90. The molecule has 0 bridgehead atoms. The first-order valence-corrected chi connectivity index (χ1v) is 7.50. The summed E-state index contributed by atoms with van der Waals surface area (Å²) in [6, 6.07) is 5.23. The number of hydrogen-bond donors (Lipinski definition) is 5. The summed E-state index contributed by atoms with van der Waals surface area (Å²) in [7, 11) is 0. The summed E-state index contributed by atoms with van der Waals surface area (Å²) in [4.78, 5) is 4.40. The van der Waals surface area contributed by atoms with Gasteiger partial charge in [0.25, 0.3) is 0 Å². The Morgan fingerprint density at radius 2 is 1.90 bits per heavy atom. The minimum atomic E-state index is -1.12. The average molecular weight is 293 g/mol. The van der Waals surface area contributed by atoms with E-state index in [9.17, 15) is 15.3 Å². The second-order valence-electron chi connectivity index (χ2n) is 6.20. The van der Waals surface area contributed by atoms with Crippen molar-refractivity contribution in [3.8, 4) is 0 Å². The number of nitrogens with zero attached hydrogens (tertiary/aromatic N) is 1. The molecule has 6 nitrogen and oxygen atoms in total. The maximum atomic E-state index is 10.4. The molecule has 0 unspecified atom stereocenters. The number of aryl methyl sites for hydroxylation is 1. The van der Waals surface area contributed by atoms with Crippen molar-refractivity contribution in [3.05, 3.63) is 23.9 Å². The van der Waals surface area contributed by atoms with Gasteiger partial charge in [0, 0.05) is 11.1 Å². The highest BCUT2D eigenvalue weighted by molar-refractivity contribution is 5.39. The van der Waals surface area contributed by atoms with E-state index < -0.39 is 29.8 Å². The monoisotopic (exact) mass is 293 g/mol. The number of aromatic nitrogens is 1. The lowest BCUT2D eigenvalue weighted by molar-refractivity contribution is -0.0515. The third-order valence-electron chi connectivity index (χ3n) is 4.95. The number of hydrogen-bond acceptors (Lipinski definition) is 6. The maximum Gasteiger partial charge on any atom is 0.126 e. The number of aliphatic hydroxyl groups excluding tert-OH is 3. The smallest absolute Gasteiger partial charge is 0.126 e. The largest absolute Gasteiger partial charge is 0.390 e. The molecule has 0 amide bonds. The van der Waals surface area contributed by atoms with E-state index in [1.54, 1.807) is 0 Å². The molecule has 3 rings (SSSR count). The predicted octanol–water partition coefficient (Wildman–Crippen LogP) is -0.363. The Bertz CT molecular complexity index is 505. The Morgan fingerprint density at radius 3 is 2.57 bits per heavy atom. The van der Waals surface area contributed by atoms with Crippen LogP contribution in [0.3, 0.4) is 0 Å². The molecule has 116 valence electrons. The molecule has 1 aromatic heterocycles. The van der Waals surface area contributed by atoms with E-state index in [1.165, 1.54) is 0 Å². The highest BCUT2D eigenvalue weighted by Gasteiger charge is 2.59. The molecule has 1 saturated heterocycles. The Kier molecular flexibility index (Phi) is 3.88. The van der Waals surface area contributed by atoms with Gasteiger partial charge < -0.3 is 26.0 Å². The van der Waals surface area contributed by atoms with Crippen LogP contribution in [0, 0.1) is 12.3 Å². The van der Waals surface area contributed by atoms with Crippen LogP contribution < -0.4 is 10.6 Å². The van der Waals surface area contributed by atoms with Crippen LogP contribution in [0.15, 0.2) is 18.2 Å². The van der Waals surface area contributed by atoms with Crippen molar-refractivity contribution >= 4 is 5.82 Å². The third kappa shape index (κ3) is 2.42. The molecular formula is C15H23N3O3. The van der Waals surface area contributed by atoms with E-state index >= 15 is 0 Å². The minimum absolute atomic E-state index is 0.404. The molecule has 1 aliphatic heterocycles. The fraction of sp³-hybridized carbons (Fsp3) is 0.667. The van der Waals surface area contributed by atoms with Crippen molar-refractivity contribution in [3.63, 3.8) is 0 Å². The highest BCUT2D eigenvalue weighted by Crippen LogP contribution is 2.46. The van der Waals surface area contributed by atoms with Crippen molar-refractivity contribution in [1.82, 2.24) is 10.3 Å². The van der Waals surface area contributed by atoms with Gasteiger partial charge in [0.1, 0.15) is 18.0 Å². The summed E-state index contributed by atoms with van der Waals surface area (Å²) in [5.41, 5.74) is 0.364. The fourth-order valence-corrected chi connectivity index (χ4v) is 3.76. The van der Waals surface area contributed by atoms with Gasteiger partial charge in [-0.1, -0.05) is 6.07 Å². The summed E-state index contributed by atoms with van der Waals surface area (Å²) >= 11 is 0. The lowest BCUT2D eigenvalue weighted by Crippen LogP contribution is -2.52. The van der Waals surface area contributed by atoms with Crippen molar-refractivity contribution in [2.75, 3.05) is 18.4 Å². The van der Waals surface area contributed by atoms with Crippen LogP contribution in [-0.2, 0) is 0 Å². The molecule has 1 saturated carbocycles. The van der Waals surface area contributed by atoms with E-state index in [0.29, 0.717) is 18.7 Å². The van der Waals surface area contributed by atoms with E-state index in [1.807, 2.05) is 25.1 Å². The Morgan fingerprint density at radius 1 is 1.19 bits per heavy atom. The summed E-state index contributed by atoms with van der Waals surface area (Å²) in [6.45, 7) is 3.45. The second-order valence-corrected chi connectivity index (χ2v) is 6.20. The van der Waals surface area contributed by atoms with Crippen molar-refractivity contribution in [2.24, 2.45) is 5.41 Å². The molecule has 1 aliphatic carbocycles. The standard InChI is InChI=1S/C15H23N3O3/c1-9-3-2-4-10(17-9)18-13-11(19)12(20)14(21)15(13)5-7-16-8-6-15/h2-4,11-14,16,19-21H,5-8H2,1H3,(H,17,18)/t11-,12+,13+,14-/m1/s1. The maximum absolute atomic E-state index is 10.4. The van der Waals surface area contributed by atoms with Crippen molar-refractivity contribution < 1.29 is 15.3 Å². The van der Waals surface area contributed by atoms with Crippen LogP contribution in [0.1, 0.15) is 18.5 Å². The van der Waals surface area contributed by atoms with Crippen LogP contribution in [0.2, 0.25) is 0 Å². The number of pyridine rings is 1.